The van der Waals surface area contributed by atoms with Crippen molar-refractivity contribution in [2.45, 2.75) is 12.3 Å². The maximum Gasteiger partial charge on any atom is 0.337 e. The largest absolute Gasteiger partial charge is 0.478 e. The van der Waals surface area contributed by atoms with Crippen LogP contribution in [-0.4, -0.2) is 17.6 Å². The van der Waals surface area contributed by atoms with E-state index in [1.807, 2.05) is 12.1 Å². The topological polar surface area (TPSA) is 75.4 Å². The number of nitrogens with one attached hydrogen (secondary N) is 1. The quantitative estimate of drug-likeness (QED) is 0.745. The Morgan fingerprint density at radius 2 is 2.05 bits per heavy atom. The van der Waals surface area contributed by atoms with Crippen LogP contribution in [0.3, 0.4) is 0 Å². The summed E-state index contributed by atoms with van der Waals surface area (Å²) in [6.07, 6.45) is 1.03. The molecule has 0 saturated heterocycles. The highest BCUT2D eigenvalue weighted by molar-refractivity contribution is 5.97. The van der Waals surface area contributed by atoms with Gasteiger partial charge in [-0.15, -0.1) is 0 Å². The van der Waals surface area contributed by atoms with E-state index in [9.17, 15) is 9.90 Å². The molecule has 0 heterocycles. The van der Waals surface area contributed by atoms with E-state index in [0.29, 0.717) is 23.8 Å². The third-order valence-electron chi connectivity index (χ3n) is 3.81. The molecule has 0 spiro atoms. The Balaban J connectivity index is 1.76. The standard InChI is InChI=1S/C16H16N2O2/c17-14-7-3-6-13(16(19)20)15(14)18-9-11-8-10-4-1-2-5-12(10)11/h1-7,11,18H,8-9,17H2,(H,19,20). The number of aromatic carboxylic acids is 1. The smallest absolute Gasteiger partial charge is 0.337 e. The molecule has 4 heteroatoms. The summed E-state index contributed by atoms with van der Waals surface area (Å²) < 4.78 is 0. The number of hydrogen-bond acceptors (Lipinski definition) is 3. The zero-order valence-corrected chi connectivity index (χ0v) is 11.0. The lowest BCUT2D eigenvalue weighted by atomic mass is 9.77. The van der Waals surface area contributed by atoms with Crippen LogP contribution in [0.2, 0.25) is 0 Å². The molecule has 4 nitrogen and oxygen atoms in total. The van der Waals surface area contributed by atoms with Gasteiger partial charge in [-0.25, -0.2) is 4.79 Å². The average molecular weight is 268 g/mol. The lowest BCUT2D eigenvalue weighted by Crippen LogP contribution is -2.25. The van der Waals surface area contributed by atoms with Crippen LogP contribution in [0.15, 0.2) is 42.5 Å². The number of fused-ring (bicyclic) bond motifs is 1. The van der Waals surface area contributed by atoms with Crippen LogP contribution < -0.4 is 11.1 Å². The van der Waals surface area contributed by atoms with Gasteiger partial charge in [-0.2, -0.15) is 0 Å². The van der Waals surface area contributed by atoms with Crippen LogP contribution in [0, 0.1) is 0 Å². The van der Waals surface area contributed by atoms with Crippen LogP contribution in [0.1, 0.15) is 27.4 Å². The number of benzene rings is 2. The van der Waals surface area contributed by atoms with Crippen molar-refractivity contribution in [2.75, 3.05) is 17.6 Å². The molecule has 20 heavy (non-hydrogen) atoms. The van der Waals surface area contributed by atoms with Gasteiger partial charge in [0, 0.05) is 12.5 Å². The zero-order valence-electron chi connectivity index (χ0n) is 11.0. The number of nitrogen functional groups attached to an aromatic ring is 1. The van der Waals surface area contributed by atoms with Crippen molar-refractivity contribution >= 4 is 17.3 Å². The minimum Gasteiger partial charge on any atom is -0.478 e. The molecule has 1 atom stereocenters. The summed E-state index contributed by atoms with van der Waals surface area (Å²) in [5.41, 5.74) is 9.79. The van der Waals surface area contributed by atoms with Crippen molar-refractivity contribution in [1.29, 1.82) is 0 Å². The Bertz CT molecular complexity index is 667. The minimum absolute atomic E-state index is 0.220. The first-order chi connectivity index (χ1) is 9.66. The monoisotopic (exact) mass is 268 g/mol. The highest BCUT2D eigenvalue weighted by Crippen LogP contribution is 2.35. The number of hydrogen-bond donors (Lipinski definition) is 3. The first-order valence-corrected chi connectivity index (χ1v) is 6.60. The molecule has 1 unspecified atom stereocenters. The van der Waals surface area contributed by atoms with E-state index in [4.69, 9.17) is 5.73 Å². The predicted octanol–water partition coefficient (Wildman–Crippen LogP) is 2.72. The van der Waals surface area contributed by atoms with Crippen molar-refractivity contribution in [3.63, 3.8) is 0 Å². The molecule has 2 aromatic rings. The van der Waals surface area contributed by atoms with Crippen molar-refractivity contribution < 1.29 is 9.90 Å². The van der Waals surface area contributed by atoms with Gasteiger partial charge in [0.1, 0.15) is 0 Å². The lowest BCUT2D eigenvalue weighted by molar-refractivity contribution is 0.0698. The summed E-state index contributed by atoms with van der Waals surface area (Å²) in [4.78, 5) is 11.2. The van der Waals surface area contributed by atoms with Gasteiger partial charge in [0.05, 0.1) is 16.9 Å². The summed E-state index contributed by atoms with van der Waals surface area (Å²) >= 11 is 0. The molecule has 0 aliphatic heterocycles. The number of rotatable bonds is 4. The number of nitrogens with two attached hydrogens (primary N) is 1. The molecule has 3 rings (SSSR count). The normalized spacial score (nSPS) is 16.1. The zero-order chi connectivity index (χ0) is 14.1. The predicted molar refractivity (Wildman–Crippen MR) is 79.2 cm³/mol. The Kier molecular flexibility index (Phi) is 3.06. The number of anilines is 2. The minimum atomic E-state index is -0.964. The number of carboxylic acids is 1. The second-order valence-corrected chi connectivity index (χ2v) is 5.06. The molecular weight excluding hydrogens is 252 g/mol. The fourth-order valence-corrected chi connectivity index (χ4v) is 2.72. The van der Waals surface area contributed by atoms with Crippen LogP contribution in [-0.2, 0) is 6.42 Å². The van der Waals surface area contributed by atoms with E-state index in [1.165, 1.54) is 11.1 Å². The van der Waals surface area contributed by atoms with E-state index < -0.39 is 5.97 Å². The van der Waals surface area contributed by atoms with Crippen molar-refractivity contribution in [3.8, 4) is 0 Å². The van der Waals surface area contributed by atoms with Gasteiger partial charge in [-0.3, -0.25) is 0 Å². The molecule has 0 radical (unpaired) electrons. The van der Waals surface area contributed by atoms with Crippen LogP contribution >= 0.6 is 0 Å². The van der Waals surface area contributed by atoms with Crippen molar-refractivity contribution in [2.24, 2.45) is 0 Å². The van der Waals surface area contributed by atoms with Crippen LogP contribution in [0.25, 0.3) is 0 Å². The van der Waals surface area contributed by atoms with E-state index >= 15 is 0 Å². The molecule has 4 N–H and O–H groups in total. The highest BCUT2D eigenvalue weighted by atomic mass is 16.4. The molecular formula is C16H16N2O2. The number of carboxylic acid groups (broad SMARTS) is 1. The van der Waals surface area contributed by atoms with Gasteiger partial charge in [0.15, 0.2) is 0 Å². The van der Waals surface area contributed by atoms with Gasteiger partial charge in [-0.1, -0.05) is 30.3 Å². The molecule has 0 fully saturated rings. The fourth-order valence-electron chi connectivity index (χ4n) is 2.72. The SMILES string of the molecule is Nc1cccc(C(=O)O)c1NCC1Cc2ccccc21. The maximum absolute atomic E-state index is 11.2. The van der Waals surface area contributed by atoms with Crippen LogP contribution in [0.5, 0.6) is 0 Å². The Morgan fingerprint density at radius 3 is 2.80 bits per heavy atom. The Labute approximate surface area is 117 Å². The molecule has 0 aromatic heterocycles. The molecule has 1 aliphatic rings. The number of para-hydroxylation sites is 1. The molecule has 0 amide bonds. The maximum atomic E-state index is 11.2. The van der Waals surface area contributed by atoms with Crippen molar-refractivity contribution in [3.05, 3.63) is 59.2 Å². The van der Waals surface area contributed by atoms with Crippen molar-refractivity contribution in [1.82, 2.24) is 0 Å². The Morgan fingerprint density at radius 1 is 1.25 bits per heavy atom. The summed E-state index contributed by atoms with van der Waals surface area (Å²) in [5, 5.41) is 12.4. The summed E-state index contributed by atoms with van der Waals surface area (Å²) in [5.74, 6) is -0.540. The van der Waals surface area contributed by atoms with E-state index in [-0.39, 0.29) is 5.56 Å². The Hall–Kier alpha value is -2.49. The van der Waals surface area contributed by atoms with Gasteiger partial charge in [0.25, 0.3) is 0 Å². The molecule has 102 valence electrons. The fraction of sp³-hybridized carbons (Fsp3) is 0.188. The van der Waals surface area contributed by atoms with Gasteiger partial charge >= 0.3 is 5.97 Å². The van der Waals surface area contributed by atoms with E-state index in [2.05, 4.69) is 17.4 Å². The van der Waals surface area contributed by atoms with Gasteiger partial charge < -0.3 is 16.2 Å². The van der Waals surface area contributed by atoms with E-state index in [0.717, 1.165) is 6.42 Å². The van der Waals surface area contributed by atoms with Crippen LogP contribution in [0.4, 0.5) is 11.4 Å². The summed E-state index contributed by atoms with van der Waals surface area (Å²) in [6.45, 7) is 0.700. The third-order valence-corrected chi connectivity index (χ3v) is 3.81. The summed E-state index contributed by atoms with van der Waals surface area (Å²) in [6, 6.07) is 13.3. The van der Waals surface area contributed by atoms with E-state index in [1.54, 1.807) is 18.2 Å². The molecule has 2 aromatic carbocycles. The third kappa shape index (κ3) is 2.09. The second kappa shape index (κ2) is 4.89. The highest BCUT2D eigenvalue weighted by Gasteiger charge is 2.25. The van der Waals surface area contributed by atoms with Gasteiger partial charge in [-0.05, 0) is 29.7 Å². The molecule has 0 bridgehead atoms. The average Bonchev–Trinajstić information content (AvgIpc) is 2.41. The number of carbonyl (C=O) groups is 1. The molecule has 0 saturated carbocycles. The first-order valence-electron chi connectivity index (χ1n) is 6.60. The lowest BCUT2D eigenvalue weighted by Gasteiger charge is -2.30. The van der Waals surface area contributed by atoms with Gasteiger partial charge in [0.2, 0.25) is 0 Å². The molecule has 1 aliphatic carbocycles. The summed E-state index contributed by atoms with van der Waals surface area (Å²) in [7, 11) is 0. The second-order valence-electron chi connectivity index (χ2n) is 5.06. The first kappa shape index (κ1) is 12.5.